The summed E-state index contributed by atoms with van der Waals surface area (Å²) in [6.45, 7) is 3.36. The van der Waals surface area contributed by atoms with Gasteiger partial charge < -0.3 is 20.9 Å². The van der Waals surface area contributed by atoms with Gasteiger partial charge in [0.1, 0.15) is 0 Å². The molecular weight excluding hydrogens is 332 g/mol. The molecule has 0 unspecified atom stereocenters. The average Bonchev–Trinajstić information content (AvgIpc) is 3.01. The standard InChI is InChI=1S/C19H28N4O3/c1-13(24)21-16-9-15(10-17(11-16)22-14(2)25)18(26)20-12-19(23(3)4)7-5-6-8-19/h9-11H,5-8,12H2,1-4H3,(H,20,26)(H,21,24)(H,22,25). The molecule has 3 N–H and O–H groups in total. The zero-order valence-corrected chi connectivity index (χ0v) is 15.9. The van der Waals surface area contributed by atoms with Gasteiger partial charge in [-0.3, -0.25) is 14.4 Å². The van der Waals surface area contributed by atoms with E-state index in [1.54, 1.807) is 18.2 Å². The second kappa shape index (κ2) is 8.31. The lowest BCUT2D eigenvalue weighted by Gasteiger charge is -2.36. The zero-order valence-electron chi connectivity index (χ0n) is 15.9. The maximum absolute atomic E-state index is 12.7. The van der Waals surface area contributed by atoms with Crippen molar-refractivity contribution in [3.63, 3.8) is 0 Å². The van der Waals surface area contributed by atoms with Crippen molar-refractivity contribution in [2.24, 2.45) is 0 Å². The Hall–Kier alpha value is -2.41. The molecule has 1 aromatic rings. The topological polar surface area (TPSA) is 90.5 Å². The molecule has 142 valence electrons. The van der Waals surface area contributed by atoms with Gasteiger partial charge in [-0.15, -0.1) is 0 Å². The van der Waals surface area contributed by atoms with Crippen LogP contribution in [0.4, 0.5) is 11.4 Å². The molecule has 1 aromatic carbocycles. The van der Waals surface area contributed by atoms with Crippen LogP contribution in [0.25, 0.3) is 0 Å². The van der Waals surface area contributed by atoms with Crippen molar-refractivity contribution >= 4 is 29.1 Å². The van der Waals surface area contributed by atoms with Crippen LogP contribution in [0.15, 0.2) is 18.2 Å². The number of amides is 3. The third-order valence-corrected chi connectivity index (χ3v) is 4.90. The molecule has 0 radical (unpaired) electrons. The molecule has 0 spiro atoms. The van der Waals surface area contributed by atoms with E-state index >= 15 is 0 Å². The maximum Gasteiger partial charge on any atom is 0.251 e. The lowest BCUT2D eigenvalue weighted by atomic mass is 9.96. The highest BCUT2D eigenvalue weighted by Crippen LogP contribution is 2.33. The maximum atomic E-state index is 12.7. The van der Waals surface area contributed by atoms with Crippen LogP contribution < -0.4 is 16.0 Å². The van der Waals surface area contributed by atoms with Gasteiger partial charge >= 0.3 is 0 Å². The molecule has 0 heterocycles. The summed E-state index contributed by atoms with van der Waals surface area (Å²) in [6, 6.07) is 4.84. The summed E-state index contributed by atoms with van der Waals surface area (Å²) in [5, 5.41) is 8.33. The van der Waals surface area contributed by atoms with Crippen molar-refractivity contribution in [1.29, 1.82) is 0 Å². The quantitative estimate of drug-likeness (QED) is 0.725. The fraction of sp³-hybridized carbons (Fsp3) is 0.526. The van der Waals surface area contributed by atoms with E-state index in [0.717, 1.165) is 12.8 Å². The van der Waals surface area contributed by atoms with Gasteiger partial charge in [-0.25, -0.2) is 0 Å². The molecule has 1 aliphatic carbocycles. The Morgan fingerprint density at radius 3 is 1.88 bits per heavy atom. The third kappa shape index (κ3) is 5.05. The minimum Gasteiger partial charge on any atom is -0.350 e. The van der Waals surface area contributed by atoms with Crippen LogP contribution in [0.1, 0.15) is 49.9 Å². The molecule has 0 atom stereocenters. The Balaban J connectivity index is 2.18. The molecule has 2 rings (SSSR count). The molecule has 1 aliphatic rings. The number of nitrogens with zero attached hydrogens (tertiary/aromatic N) is 1. The number of benzene rings is 1. The number of hydrogen-bond acceptors (Lipinski definition) is 4. The summed E-state index contributed by atoms with van der Waals surface area (Å²) in [5.41, 5.74) is 1.33. The van der Waals surface area contributed by atoms with Gasteiger partial charge in [0, 0.05) is 42.9 Å². The first-order valence-electron chi connectivity index (χ1n) is 8.88. The van der Waals surface area contributed by atoms with Crippen molar-refractivity contribution in [2.75, 3.05) is 31.3 Å². The van der Waals surface area contributed by atoms with E-state index in [0.29, 0.717) is 23.5 Å². The molecule has 7 heteroatoms. The molecule has 0 aliphatic heterocycles. The summed E-state index contributed by atoms with van der Waals surface area (Å²) in [5.74, 6) is -0.709. The first-order chi connectivity index (χ1) is 12.2. The Morgan fingerprint density at radius 2 is 1.46 bits per heavy atom. The Morgan fingerprint density at radius 1 is 0.962 bits per heavy atom. The van der Waals surface area contributed by atoms with Gasteiger partial charge in [0.05, 0.1) is 0 Å². The molecule has 7 nitrogen and oxygen atoms in total. The van der Waals surface area contributed by atoms with Crippen LogP contribution >= 0.6 is 0 Å². The van der Waals surface area contributed by atoms with Crippen molar-refractivity contribution in [1.82, 2.24) is 10.2 Å². The smallest absolute Gasteiger partial charge is 0.251 e. The highest BCUT2D eigenvalue weighted by molar-refractivity contribution is 5.99. The van der Waals surface area contributed by atoms with Crippen molar-refractivity contribution in [2.45, 2.75) is 45.1 Å². The van der Waals surface area contributed by atoms with Gasteiger partial charge in [-0.05, 0) is 45.1 Å². The summed E-state index contributed by atoms with van der Waals surface area (Å²) in [4.78, 5) is 37.6. The second-order valence-corrected chi connectivity index (χ2v) is 7.17. The first-order valence-corrected chi connectivity index (χ1v) is 8.88. The highest BCUT2D eigenvalue weighted by Gasteiger charge is 2.36. The Bertz CT molecular complexity index is 660. The molecule has 1 fully saturated rings. The Kier molecular flexibility index (Phi) is 6.37. The fourth-order valence-electron chi connectivity index (χ4n) is 3.47. The lowest BCUT2D eigenvalue weighted by molar-refractivity contribution is -0.115. The van der Waals surface area contributed by atoms with Gasteiger partial charge in [0.25, 0.3) is 5.91 Å². The molecule has 26 heavy (non-hydrogen) atoms. The lowest BCUT2D eigenvalue weighted by Crippen LogP contribution is -2.50. The van der Waals surface area contributed by atoms with E-state index in [4.69, 9.17) is 0 Å². The van der Waals surface area contributed by atoms with Crippen LogP contribution in [0, 0.1) is 0 Å². The van der Waals surface area contributed by atoms with Crippen LogP contribution in [0.2, 0.25) is 0 Å². The molecule has 3 amide bonds. The van der Waals surface area contributed by atoms with Crippen LogP contribution in [0.5, 0.6) is 0 Å². The van der Waals surface area contributed by atoms with Crippen LogP contribution in [-0.2, 0) is 9.59 Å². The van der Waals surface area contributed by atoms with E-state index in [-0.39, 0.29) is 23.3 Å². The van der Waals surface area contributed by atoms with E-state index < -0.39 is 0 Å². The van der Waals surface area contributed by atoms with Crippen molar-refractivity contribution in [3.8, 4) is 0 Å². The minimum absolute atomic E-state index is 0.00856. The predicted molar refractivity (Wildman–Crippen MR) is 102 cm³/mol. The number of anilines is 2. The third-order valence-electron chi connectivity index (χ3n) is 4.90. The van der Waals surface area contributed by atoms with Gasteiger partial charge in [-0.2, -0.15) is 0 Å². The van der Waals surface area contributed by atoms with Gasteiger partial charge in [0.15, 0.2) is 0 Å². The van der Waals surface area contributed by atoms with Crippen molar-refractivity contribution < 1.29 is 14.4 Å². The van der Waals surface area contributed by atoms with Crippen molar-refractivity contribution in [3.05, 3.63) is 23.8 Å². The molecule has 0 bridgehead atoms. The number of carbonyl (C=O) groups excluding carboxylic acids is 3. The minimum atomic E-state index is -0.242. The normalized spacial score (nSPS) is 15.6. The first kappa shape index (κ1) is 19.9. The number of hydrogen-bond donors (Lipinski definition) is 3. The largest absolute Gasteiger partial charge is 0.350 e. The molecule has 0 aromatic heterocycles. The summed E-state index contributed by atoms with van der Waals surface area (Å²) in [7, 11) is 4.09. The molecule has 0 saturated heterocycles. The summed E-state index contributed by atoms with van der Waals surface area (Å²) < 4.78 is 0. The Labute approximate surface area is 154 Å². The van der Waals surface area contributed by atoms with E-state index in [2.05, 4.69) is 20.9 Å². The second-order valence-electron chi connectivity index (χ2n) is 7.17. The fourth-order valence-corrected chi connectivity index (χ4v) is 3.47. The predicted octanol–water partition coefficient (Wildman–Crippen LogP) is 2.21. The van der Waals surface area contributed by atoms with Crippen LogP contribution in [-0.4, -0.2) is 48.8 Å². The highest BCUT2D eigenvalue weighted by atomic mass is 16.2. The molecule has 1 saturated carbocycles. The molecular formula is C19H28N4O3. The number of likely N-dealkylation sites (N-methyl/N-ethyl adjacent to an activating group) is 1. The van der Waals surface area contributed by atoms with E-state index in [9.17, 15) is 14.4 Å². The van der Waals surface area contributed by atoms with Crippen LogP contribution in [0.3, 0.4) is 0 Å². The number of rotatable bonds is 6. The van der Waals surface area contributed by atoms with E-state index in [1.807, 2.05) is 14.1 Å². The van der Waals surface area contributed by atoms with Gasteiger partial charge in [0.2, 0.25) is 11.8 Å². The SMILES string of the molecule is CC(=O)Nc1cc(NC(C)=O)cc(C(=O)NCC2(N(C)C)CCCC2)c1. The summed E-state index contributed by atoms with van der Waals surface area (Å²) >= 11 is 0. The number of nitrogens with one attached hydrogen (secondary N) is 3. The van der Waals surface area contributed by atoms with Gasteiger partial charge in [-0.1, -0.05) is 12.8 Å². The zero-order chi connectivity index (χ0) is 19.3. The monoisotopic (exact) mass is 360 g/mol. The average molecular weight is 360 g/mol. The summed E-state index contributed by atoms with van der Waals surface area (Å²) in [6.07, 6.45) is 4.45. The van der Waals surface area contributed by atoms with E-state index in [1.165, 1.54) is 26.7 Å². The number of carbonyl (C=O) groups is 3.